The van der Waals surface area contributed by atoms with Crippen molar-refractivity contribution < 1.29 is 29.0 Å². The summed E-state index contributed by atoms with van der Waals surface area (Å²) in [6, 6.07) is 5.18. The van der Waals surface area contributed by atoms with Crippen LogP contribution in [0.3, 0.4) is 0 Å². The number of aliphatic hydroxyl groups is 3. The van der Waals surface area contributed by atoms with Gasteiger partial charge in [-0.05, 0) is 19.1 Å². The number of hydrogen-bond donors (Lipinski definition) is 3. The molecule has 3 aromatic rings. The van der Waals surface area contributed by atoms with Gasteiger partial charge in [-0.25, -0.2) is 9.18 Å². The monoisotopic (exact) mass is 395 g/mol. The number of hydrogen-bond acceptors (Lipinski definition) is 8. The van der Waals surface area contributed by atoms with E-state index in [0.29, 0.717) is 9.95 Å². The fraction of sp³-hybridized carbons (Fsp3) is 0.353. The minimum Gasteiger partial charge on any atom is -0.394 e. The maximum atomic E-state index is 13.7. The first-order valence-electron chi connectivity index (χ1n) is 8.30. The Bertz CT molecular complexity index is 1090. The number of para-hydroxylation sites is 1. The normalized spacial score (nSPS) is 14.9. The molecule has 0 bridgehead atoms. The fourth-order valence-electron chi connectivity index (χ4n) is 2.62. The van der Waals surface area contributed by atoms with Gasteiger partial charge >= 0.3 is 5.69 Å². The second-order valence-corrected chi connectivity index (χ2v) is 6.10. The molecular weight excluding hydrogens is 377 g/mol. The standard InChI is InChI=1S/C17H18FN3O7/c1-9(23)13(8-22)27-17(26)20-6-5-14(24)21(16(20)25)7-12-10-3-2-4-11(18)15(10)28-19-12/h2-6,9,13,17,22-23,26H,7-8H2,1H3/t9-,13-,17+/m1/s1. The molecule has 0 unspecified atom stereocenters. The van der Waals surface area contributed by atoms with Gasteiger partial charge in [-0.3, -0.25) is 13.9 Å². The Morgan fingerprint density at radius 3 is 2.71 bits per heavy atom. The molecule has 0 fully saturated rings. The van der Waals surface area contributed by atoms with Crippen LogP contribution in [-0.2, 0) is 11.3 Å². The second-order valence-electron chi connectivity index (χ2n) is 6.10. The summed E-state index contributed by atoms with van der Waals surface area (Å²) < 4.78 is 25.2. The zero-order valence-corrected chi connectivity index (χ0v) is 14.7. The lowest BCUT2D eigenvalue weighted by Crippen LogP contribution is -2.43. The van der Waals surface area contributed by atoms with Crippen LogP contribution in [-0.4, -0.2) is 48.4 Å². The molecule has 11 heteroatoms. The number of aromatic nitrogens is 3. The third-order valence-corrected chi connectivity index (χ3v) is 4.18. The molecule has 28 heavy (non-hydrogen) atoms. The lowest BCUT2D eigenvalue weighted by molar-refractivity contribution is -0.214. The van der Waals surface area contributed by atoms with Crippen molar-refractivity contribution in [1.29, 1.82) is 0 Å². The van der Waals surface area contributed by atoms with Crippen LogP contribution in [0.5, 0.6) is 0 Å². The molecule has 150 valence electrons. The molecule has 0 radical (unpaired) electrons. The van der Waals surface area contributed by atoms with E-state index in [4.69, 9.17) is 14.4 Å². The van der Waals surface area contributed by atoms with Gasteiger partial charge in [0.1, 0.15) is 11.8 Å². The average Bonchev–Trinajstić information content (AvgIpc) is 3.07. The molecule has 3 atom stereocenters. The van der Waals surface area contributed by atoms with Crippen molar-refractivity contribution in [3.8, 4) is 0 Å². The first-order valence-corrected chi connectivity index (χ1v) is 8.30. The molecule has 10 nitrogen and oxygen atoms in total. The fourth-order valence-corrected chi connectivity index (χ4v) is 2.62. The third-order valence-electron chi connectivity index (χ3n) is 4.18. The Morgan fingerprint density at radius 2 is 2.04 bits per heavy atom. The van der Waals surface area contributed by atoms with Crippen LogP contribution in [0.25, 0.3) is 11.0 Å². The van der Waals surface area contributed by atoms with Crippen molar-refractivity contribution in [3.63, 3.8) is 0 Å². The molecule has 1 aromatic carbocycles. The van der Waals surface area contributed by atoms with Crippen molar-refractivity contribution in [1.82, 2.24) is 14.3 Å². The lowest BCUT2D eigenvalue weighted by atomic mass is 10.2. The van der Waals surface area contributed by atoms with Crippen LogP contribution in [0.2, 0.25) is 0 Å². The number of halogens is 1. The van der Waals surface area contributed by atoms with E-state index in [2.05, 4.69) is 5.16 Å². The minimum atomic E-state index is -1.86. The number of nitrogens with zero attached hydrogens (tertiary/aromatic N) is 3. The van der Waals surface area contributed by atoms with E-state index in [9.17, 15) is 24.2 Å². The zero-order valence-electron chi connectivity index (χ0n) is 14.7. The highest BCUT2D eigenvalue weighted by atomic mass is 19.1. The molecule has 3 N–H and O–H groups in total. The van der Waals surface area contributed by atoms with Gasteiger partial charge in [0.2, 0.25) is 12.0 Å². The van der Waals surface area contributed by atoms with Crippen LogP contribution < -0.4 is 11.2 Å². The molecule has 0 saturated carbocycles. The van der Waals surface area contributed by atoms with E-state index in [1.165, 1.54) is 25.1 Å². The van der Waals surface area contributed by atoms with E-state index in [1.54, 1.807) is 0 Å². The summed E-state index contributed by atoms with van der Waals surface area (Å²) >= 11 is 0. The van der Waals surface area contributed by atoms with Gasteiger partial charge in [-0.1, -0.05) is 11.2 Å². The van der Waals surface area contributed by atoms with E-state index >= 15 is 0 Å². The third kappa shape index (κ3) is 3.73. The quantitative estimate of drug-likeness (QED) is 0.457. The molecule has 2 aromatic heterocycles. The number of ether oxygens (including phenoxy) is 1. The summed E-state index contributed by atoms with van der Waals surface area (Å²) in [5.74, 6) is -0.633. The molecule has 0 aliphatic rings. The van der Waals surface area contributed by atoms with Crippen molar-refractivity contribution in [2.45, 2.75) is 32.1 Å². The van der Waals surface area contributed by atoms with Gasteiger partial charge in [0, 0.05) is 17.6 Å². The number of rotatable bonds is 7. The Labute approximate surface area is 156 Å². The Hall–Kier alpha value is -2.86. The van der Waals surface area contributed by atoms with Crippen molar-refractivity contribution in [3.05, 3.63) is 62.8 Å². The van der Waals surface area contributed by atoms with Gasteiger partial charge in [-0.2, -0.15) is 0 Å². The highest BCUT2D eigenvalue weighted by molar-refractivity contribution is 5.79. The highest BCUT2D eigenvalue weighted by Crippen LogP contribution is 2.21. The van der Waals surface area contributed by atoms with Crippen LogP contribution in [0, 0.1) is 5.82 Å². The number of aliphatic hydroxyl groups excluding tert-OH is 3. The summed E-state index contributed by atoms with van der Waals surface area (Å²) in [6.45, 7) is 0.410. The molecule has 0 amide bonds. The van der Waals surface area contributed by atoms with Crippen molar-refractivity contribution in [2.75, 3.05) is 6.61 Å². The van der Waals surface area contributed by atoms with Crippen molar-refractivity contribution >= 4 is 11.0 Å². The first-order chi connectivity index (χ1) is 13.3. The highest BCUT2D eigenvalue weighted by Gasteiger charge is 2.22. The Kier molecular flexibility index (Phi) is 5.70. The van der Waals surface area contributed by atoms with E-state index < -0.39 is 42.3 Å². The summed E-state index contributed by atoms with van der Waals surface area (Å²) in [5.41, 5.74) is -1.57. The average molecular weight is 395 g/mol. The van der Waals surface area contributed by atoms with Gasteiger partial charge in [0.25, 0.3) is 5.56 Å². The molecule has 2 heterocycles. The SMILES string of the molecule is C[C@@H](O)[C@@H](CO)O[C@H](O)n1ccc(=O)n(Cc2noc3c(F)cccc23)c1=O. The largest absolute Gasteiger partial charge is 0.394 e. The van der Waals surface area contributed by atoms with Crippen LogP contribution >= 0.6 is 0 Å². The first kappa shape index (κ1) is 19.9. The summed E-state index contributed by atoms with van der Waals surface area (Å²) in [7, 11) is 0. The predicted molar refractivity (Wildman–Crippen MR) is 92.9 cm³/mol. The second kappa shape index (κ2) is 8.02. The van der Waals surface area contributed by atoms with E-state index in [1.807, 2.05) is 0 Å². The molecule has 0 spiro atoms. The minimum absolute atomic E-state index is 0.104. The Morgan fingerprint density at radius 1 is 1.29 bits per heavy atom. The number of fused-ring (bicyclic) bond motifs is 1. The van der Waals surface area contributed by atoms with E-state index in [0.717, 1.165) is 16.8 Å². The molecule has 0 aliphatic carbocycles. The summed E-state index contributed by atoms with van der Waals surface area (Å²) in [5, 5.41) is 32.8. The Balaban J connectivity index is 1.96. The maximum absolute atomic E-state index is 13.7. The molecule has 3 rings (SSSR count). The molecule has 0 saturated heterocycles. The summed E-state index contributed by atoms with van der Waals surface area (Å²) in [6.07, 6.45) is -3.11. The van der Waals surface area contributed by atoms with Gasteiger partial charge in [-0.15, -0.1) is 0 Å². The smallest absolute Gasteiger partial charge is 0.335 e. The van der Waals surface area contributed by atoms with Crippen LogP contribution in [0.15, 0.2) is 44.6 Å². The zero-order chi connectivity index (χ0) is 20.4. The van der Waals surface area contributed by atoms with Gasteiger partial charge in [0.05, 0.1) is 19.3 Å². The maximum Gasteiger partial charge on any atom is 0.335 e. The topological polar surface area (TPSA) is 140 Å². The van der Waals surface area contributed by atoms with Crippen LogP contribution in [0.1, 0.15) is 19.0 Å². The summed E-state index contributed by atoms with van der Waals surface area (Å²) in [4.78, 5) is 24.8. The molecular formula is C17H18FN3O7. The van der Waals surface area contributed by atoms with Crippen LogP contribution in [0.4, 0.5) is 4.39 Å². The van der Waals surface area contributed by atoms with Gasteiger partial charge < -0.3 is 24.6 Å². The van der Waals surface area contributed by atoms with E-state index in [-0.39, 0.29) is 17.8 Å². The molecule has 0 aliphatic heterocycles. The number of benzene rings is 1. The van der Waals surface area contributed by atoms with Crippen molar-refractivity contribution in [2.24, 2.45) is 0 Å². The lowest BCUT2D eigenvalue weighted by Gasteiger charge is -2.23. The van der Waals surface area contributed by atoms with Gasteiger partial charge in [0.15, 0.2) is 5.82 Å². The predicted octanol–water partition coefficient (Wildman–Crippen LogP) is -0.455.